The molecule has 0 amide bonds. The van der Waals surface area contributed by atoms with Gasteiger partial charge in [-0.3, -0.25) is 9.58 Å². The topological polar surface area (TPSA) is 70.0 Å². The molecule has 0 aliphatic carbocycles. The minimum absolute atomic E-state index is 0.0858. The van der Waals surface area contributed by atoms with Gasteiger partial charge in [-0.2, -0.15) is 5.10 Å². The van der Waals surface area contributed by atoms with Crippen molar-refractivity contribution in [3.05, 3.63) is 47.3 Å². The third-order valence-corrected chi connectivity index (χ3v) is 5.14. The Morgan fingerprint density at radius 2 is 2.23 bits per heavy atom. The summed E-state index contributed by atoms with van der Waals surface area (Å²) < 4.78 is 15.3. The van der Waals surface area contributed by atoms with Crippen molar-refractivity contribution >= 4 is 11.0 Å². The van der Waals surface area contributed by atoms with Gasteiger partial charge in [0.05, 0.1) is 35.9 Å². The molecular weight excluding hydrogens is 333 g/mol. The molecule has 0 saturated carbocycles. The Kier molecular flexibility index (Phi) is 4.74. The minimum atomic E-state index is -0.250. The number of rotatable bonds is 5. The molecule has 0 bridgehead atoms. The number of aryl methyl sites for hydroxylation is 1. The van der Waals surface area contributed by atoms with Gasteiger partial charge in [-0.15, -0.1) is 0 Å². The third-order valence-electron chi connectivity index (χ3n) is 5.14. The number of hydrogen-bond acceptors (Lipinski definition) is 4. The quantitative estimate of drug-likeness (QED) is 0.737. The summed E-state index contributed by atoms with van der Waals surface area (Å²) in [6.45, 7) is 4.40. The lowest BCUT2D eigenvalue weighted by Gasteiger charge is -2.34. The van der Waals surface area contributed by atoms with E-state index in [2.05, 4.69) is 15.0 Å². The number of halogens is 1. The van der Waals surface area contributed by atoms with E-state index in [0.29, 0.717) is 6.54 Å². The number of aromatic amines is 1. The van der Waals surface area contributed by atoms with E-state index in [1.54, 1.807) is 10.7 Å². The largest absolute Gasteiger partial charge is 0.394 e. The molecule has 1 saturated heterocycles. The normalized spacial score (nSPS) is 18.7. The van der Waals surface area contributed by atoms with Gasteiger partial charge in [0.25, 0.3) is 0 Å². The third kappa shape index (κ3) is 3.37. The Morgan fingerprint density at radius 1 is 1.35 bits per heavy atom. The molecule has 1 fully saturated rings. The van der Waals surface area contributed by atoms with Crippen LogP contribution in [0.25, 0.3) is 11.0 Å². The molecule has 0 unspecified atom stereocenters. The van der Waals surface area contributed by atoms with Crippen molar-refractivity contribution in [2.45, 2.75) is 45.3 Å². The molecule has 3 aromatic rings. The van der Waals surface area contributed by atoms with Gasteiger partial charge in [0, 0.05) is 18.3 Å². The van der Waals surface area contributed by atoms with Gasteiger partial charge in [-0.05, 0) is 44.5 Å². The van der Waals surface area contributed by atoms with Crippen LogP contribution < -0.4 is 0 Å². The van der Waals surface area contributed by atoms with Crippen LogP contribution in [0.4, 0.5) is 4.39 Å². The second-order valence-electron chi connectivity index (χ2n) is 6.99. The lowest BCUT2D eigenvalue weighted by Crippen LogP contribution is -2.33. The van der Waals surface area contributed by atoms with Crippen molar-refractivity contribution < 1.29 is 9.50 Å². The number of fused-ring (bicyclic) bond motifs is 1. The number of piperidine rings is 1. The summed E-state index contributed by atoms with van der Waals surface area (Å²) in [6, 6.07) is 4.87. The van der Waals surface area contributed by atoms with Crippen molar-refractivity contribution in [1.82, 2.24) is 24.6 Å². The standard InChI is InChI=1S/C19H24FN5O/c1-13-14(12-25(23-13)8-9-26)11-24-7-3-2-4-18(24)19-21-16-6-5-15(20)10-17(16)22-19/h5-6,10,12,18,26H,2-4,7-9,11H2,1H3,(H,21,22)/t18-/m0/s1. The van der Waals surface area contributed by atoms with Crippen LogP contribution in [0.5, 0.6) is 0 Å². The number of hydrogen-bond donors (Lipinski definition) is 2. The molecule has 138 valence electrons. The SMILES string of the molecule is Cc1nn(CCO)cc1CN1CCCC[C@H]1c1nc2ccc(F)cc2[nH]1. The molecular formula is C19H24FN5O. The molecule has 1 aliphatic heterocycles. The van der Waals surface area contributed by atoms with Gasteiger partial charge >= 0.3 is 0 Å². The molecule has 1 aromatic carbocycles. The Balaban J connectivity index is 1.59. The van der Waals surface area contributed by atoms with Crippen LogP contribution in [-0.4, -0.2) is 42.9 Å². The van der Waals surface area contributed by atoms with Crippen LogP contribution in [-0.2, 0) is 13.1 Å². The van der Waals surface area contributed by atoms with Crippen LogP contribution in [0.2, 0.25) is 0 Å². The number of aliphatic hydroxyl groups excluding tert-OH is 1. The van der Waals surface area contributed by atoms with E-state index >= 15 is 0 Å². The van der Waals surface area contributed by atoms with Crippen molar-refractivity contribution in [3.8, 4) is 0 Å². The van der Waals surface area contributed by atoms with Crippen molar-refractivity contribution in [1.29, 1.82) is 0 Å². The Labute approximate surface area is 151 Å². The van der Waals surface area contributed by atoms with Crippen LogP contribution >= 0.6 is 0 Å². The highest BCUT2D eigenvalue weighted by molar-refractivity contribution is 5.75. The second kappa shape index (κ2) is 7.17. The van der Waals surface area contributed by atoms with Crippen molar-refractivity contribution in [2.75, 3.05) is 13.2 Å². The molecule has 0 spiro atoms. The average Bonchev–Trinajstić information content (AvgIpc) is 3.19. The number of imidazole rings is 1. The maximum absolute atomic E-state index is 13.5. The second-order valence-corrected chi connectivity index (χ2v) is 6.99. The summed E-state index contributed by atoms with van der Waals surface area (Å²) in [4.78, 5) is 10.4. The summed E-state index contributed by atoms with van der Waals surface area (Å²) in [7, 11) is 0. The van der Waals surface area contributed by atoms with Crippen molar-refractivity contribution in [3.63, 3.8) is 0 Å². The molecule has 2 aromatic heterocycles. The molecule has 4 rings (SSSR count). The van der Waals surface area contributed by atoms with Gasteiger partial charge in [0.2, 0.25) is 0 Å². The number of aliphatic hydroxyl groups is 1. The fourth-order valence-corrected chi connectivity index (χ4v) is 3.80. The fourth-order valence-electron chi connectivity index (χ4n) is 3.80. The highest BCUT2D eigenvalue weighted by Crippen LogP contribution is 2.32. The van der Waals surface area contributed by atoms with E-state index in [1.165, 1.54) is 17.7 Å². The predicted octanol–water partition coefficient (Wildman–Crippen LogP) is 2.93. The Hall–Kier alpha value is -2.25. The average molecular weight is 357 g/mol. The summed E-state index contributed by atoms with van der Waals surface area (Å²) in [6.07, 6.45) is 5.38. The number of H-pyrrole nitrogens is 1. The first-order chi connectivity index (χ1) is 12.6. The smallest absolute Gasteiger partial charge is 0.125 e. The number of nitrogens with zero attached hydrogens (tertiary/aromatic N) is 4. The number of nitrogens with one attached hydrogen (secondary N) is 1. The van der Waals surface area contributed by atoms with E-state index in [9.17, 15) is 4.39 Å². The molecule has 3 heterocycles. The summed E-state index contributed by atoms with van der Waals surface area (Å²) in [5, 5.41) is 13.6. The first-order valence-electron chi connectivity index (χ1n) is 9.17. The van der Waals surface area contributed by atoms with Crippen LogP contribution in [0, 0.1) is 12.7 Å². The van der Waals surface area contributed by atoms with E-state index in [4.69, 9.17) is 10.1 Å². The predicted molar refractivity (Wildman–Crippen MR) is 97.1 cm³/mol. The molecule has 1 atom stereocenters. The minimum Gasteiger partial charge on any atom is -0.394 e. The molecule has 26 heavy (non-hydrogen) atoms. The lowest BCUT2D eigenvalue weighted by atomic mass is 10.0. The molecule has 7 heteroatoms. The zero-order chi connectivity index (χ0) is 18.1. The van der Waals surface area contributed by atoms with E-state index in [1.807, 2.05) is 13.1 Å². The summed E-state index contributed by atoms with van der Waals surface area (Å²) in [5.74, 6) is 0.658. The van der Waals surface area contributed by atoms with Crippen LogP contribution in [0.15, 0.2) is 24.4 Å². The highest BCUT2D eigenvalue weighted by Gasteiger charge is 2.27. The zero-order valence-corrected chi connectivity index (χ0v) is 15.0. The first kappa shape index (κ1) is 17.2. The molecule has 6 nitrogen and oxygen atoms in total. The number of benzene rings is 1. The molecule has 1 aliphatic rings. The van der Waals surface area contributed by atoms with E-state index < -0.39 is 0 Å². The van der Waals surface area contributed by atoms with Crippen molar-refractivity contribution in [2.24, 2.45) is 0 Å². The zero-order valence-electron chi connectivity index (χ0n) is 15.0. The van der Waals surface area contributed by atoms with E-state index in [0.717, 1.165) is 54.9 Å². The number of likely N-dealkylation sites (tertiary alicyclic amines) is 1. The van der Waals surface area contributed by atoms with Gasteiger partial charge in [-0.25, -0.2) is 9.37 Å². The monoisotopic (exact) mass is 357 g/mol. The molecule has 0 radical (unpaired) electrons. The lowest BCUT2D eigenvalue weighted by molar-refractivity contribution is 0.134. The van der Waals surface area contributed by atoms with Gasteiger partial charge < -0.3 is 10.1 Å². The van der Waals surface area contributed by atoms with Gasteiger partial charge in [0.1, 0.15) is 11.6 Å². The summed E-state index contributed by atoms with van der Waals surface area (Å²) in [5.41, 5.74) is 3.72. The van der Waals surface area contributed by atoms with Gasteiger partial charge in [0.15, 0.2) is 0 Å². The first-order valence-corrected chi connectivity index (χ1v) is 9.17. The molecule has 2 N–H and O–H groups in total. The maximum atomic E-state index is 13.5. The summed E-state index contributed by atoms with van der Waals surface area (Å²) >= 11 is 0. The van der Waals surface area contributed by atoms with E-state index in [-0.39, 0.29) is 18.5 Å². The van der Waals surface area contributed by atoms with Crippen LogP contribution in [0.3, 0.4) is 0 Å². The number of aromatic nitrogens is 4. The maximum Gasteiger partial charge on any atom is 0.125 e. The van der Waals surface area contributed by atoms with Crippen LogP contribution in [0.1, 0.15) is 42.4 Å². The fraction of sp³-hybridized carbons (Fsp3) is 0.474. The van der Waals surface area contributed by atoms with Gasteiger partial charge in [-0.1, -0.05) is 6.42 Å². The Morgan fingerprint density at radius 3 is 3.08 bits per heavy atom. The highest BCUT2D eigenvalue weighted by atomic mass is 19.1. The Bertz CT molecular complexity index is 903.